The summed E-state index contributed by atoms with van der Waals surface area (Å²) in [5.74, 6) is -0.521. The fourth-order valence-electron chi connectivity index (χ4n) is 2.43. The highest BCUT2D eigenvalue weighted by Gasteiger charge is 2.38. The van der Waals surface area contributed by atoms with E-state index in [-0.39, 0.29) is 11.8 Å². The molecule has 0 aliphatic rings. The minimum Gasteiger partial charge on any atom is -0.341 e. The van der Waals surface area contributed by atoms with E-state index in [0.29, 0.717) is 12.2 Å². The van der Waals surface area contributed by atoms with Gasteiger partial charge in [0.2, 0.25) is 11.8 Å². The smallest absolute Gasteiger partial charge is 0.239 e. The number of hydrogen-bond acceptors (Lipinski definition) is 2. The Morgan fingerprint density at radius 1 is 1.00 bits per heavy atom. The van der Waals surface area contributed by atoms with Crippen molar-refractivity contribution in [3.05, 3.63) is 65.7 Å². The lowest BCUT2D eigenvalue weighted by Gasteiger charge is -2.28. The van der Waals surface area contributed by atoms with E-state index in [4.69, 9.17) is 0 Å². The van der Waals surface area contributed by atoms with Gasteiger partial charge in [-0.25, -0.2) is 0 Å². The summed E-state index contributed by atoms with van der Waals surface area (Å²) in [6, 6.07) is 17.2. The predicted octanol–water partition coefficient (Wildman–Crippen LogP) is 3.62. The Kier molecular flexibility index (Phi) is 5.39. The molecule has 0 saturated carbocycles. The van der Waals surface area contributed by atoms with Gasteiger partial charge in [-0.1, -0.05) is 48.0 Å². The van der Waals surface area contributed by atoms with Gasteiger partial charge in [-0.05, 0) is 38.5 Å². The first-order chi connectivity index (χ1) is 11.3. The average molecular weight is 324 g/mol. The molecule has 2 rings (SSSR count). The molecule has 0 unspecified atom stereocenters. The molecule has 0 aromatic heterocycles. The minimum atomic E-state index is -1.14. The van der Waals surface area contributed by atoms with Gasteiger partial charge >= 0.3 is 0 Å². The molecule has 0 atom stereocenters. The van der Waals surface area contributed by atoms with Crippen molar-refractivity contribution in [1.82, 2.24) is 4.90 Å². The summed E-state index contributed by atoms with van der Waals surface area (Å²) in [5, 5.41) is 2.82. The number of nitrogens with zero attached hydrogens (tertiary/aromatic N) is 1. The van der Waals surface area contributed by atoms with Crippen molar-refractivity contribution in [3.8, 4) is 0 Å². The van der Waals surface area contributed by atoms with Crippen LogP contribution in [0.4, 0.5) is 5.69 Å². The highest BCUT2D eigenvalue weighted by molar-refractivity contribution is 6.09. The van der Waals surface area contributed by atoms with E-state index in [1.54, 1.807) is 25.8 Å². The number of hydrogen-bond donors (Lipinski definition) is 1. The molecule has 2 aromatic carbocycles. The summed E-state index contributed by atoms with van der Waals surface area (Å²) in [4.78, 5) is 26.9. The highest BCUT2D eigenvalue weighted by Crippen LogP contribution is 2.22. The SMILES string of the molecule is Cc1ccc(NC(=O)C(C)(C)C(=O)N(C)Cc2ccccc2)cc1. The third-order valence-electron chi connectivity index (χ3n) is 4.02. The lowest BCUT2D eigenvalue weighted by molar-refractivity contribution is -0.145. The number of carbonyl (C=O) groups excluding carboxylic acids is 2. The van der Waals surface area contributed by atoms with Crippen molar-refractivity contribution >= 4 is 17.5 Å². The molecule has 0 radical (unpaired) electrons. The summed E-state index contributed by atoms with van der Waals surface area (Å²) in [5.41, 5.74) is 1.69. The number of anilines is 1. The predicted molar refractivity (Wildman–Crippen MR) is 96.5 cm³/mol. The van der Waals surface area contributed by atoms with Crippen molar-refractivity contribution in [3.63, 3.8) is 0 Å². The van der Waals surface area contributed by atoms with Crippen LogP contribution in [0, 0.1) is 12.3 Å². The van der Waals surface area contributed by atoms with Gasteiger partial charge in [0.05, 0.1) is 0 Å². The molecular weight excluding hydrogens is 300 g/mol. The quantitative estimate of drug-likeness (QED) is 0.854. The fourth-order valence-corrected chi connectivity index (χ4v) is 2.43. The molecule has 0 aliphatic heterocycles. The minimum absolute atomic E-state index is 0.212. The number of aryl methyl sites for hydroxylation is 1. The van der Waals surface area contributed by atoms with Crippen LogP contribution in [0.5, 0.6) is 0 Å². The van der Waals surface area contributed by atoms with E-state index in [1.165, 1.54) is 0 Å². The summed E-state index contributed by atoms with van der Waals surface area (Å²) < 4.78 is 0. The van der Waals surface area contributed by atoms with Crippen LogP contribution >= 0.6 is 0 Å². The zero-order valence-electron chi connectivity index (χ0n) is 14.7. The molecule has 0 heterocycles. The number of carbonyl (C=O) groups is 2. The van der Waals surface area contributed by atoms with E-state index >= 15 is 0 Å². The van der Waals surface area contributed by atoms with E-state index in [0.717, 1.165) is 11.1 Å². The number of benzene rings is 2. The zero-order valence-corrected chi connectivity index (χ0v) is 14.7. The van der Waals surface area contributed by atoms with Gasteiger partial charge in [-0.2, -0.15) is 0 Å². The Hall–Kier alpha value is -2.62. The van der Waals surface area contributed by atoms with Crippen LogP contribution in [0.25, 0.3) is 0 Å². The molecule has 24 heavy (non-hydrogen) atoms. The highest BCUT2D eigenvalue weighted by atomic mass is 16.2. The molecule has 4 nitrogen and oxygen atoms in total. The van der Waals surface area contributed by atoms with Crippen LogP contribution in [-0.2, 0) is 16.1 Å². The first-order valence-electron chi connectivity index (χ1n) is 7.98. The fraction of sp³-hybridized carbons (Fsp3) is 0.300. The molecule has 2 aromatic rings. The van der Waals surface area contributed by atoms with Crippen molar-refractivity contribution in [1.29, 1.82) is 0 Å². The molecule has 0 spiro atoms. The van der Waals surface area contributed by atoms with Crippen LogP contribution in [0.15, 0.2) is 54.6 Å². The zero-order chi connectivity index (χ0) is 17.7. The monoisotopic (exact) mass is 324 g/mol. The van der Waals surface area contributed by atoms with E-state index in [1.807, 2.05) is 61.5 Å². The van der Waals surface area contributed by atoms with Gasteiger partial charge in [0, 0.05) is 19.3 Å². The lowest BCUT2D eigenvalue weighted by atomic mass is 9.90. The first kappa shape index (κ1) is 17.7. The standard InChI is InChI=1S/C20H24N2O2/c1-15-10-12-17(13-11-15)21-18(23)20(2,3)19(24)22(4)14-16-8-6-5-7-9-16/h5-13H,14H2,1-4H3,(H,21,23). The Labute approximate surface area is 143 Å². The van der Waals surface area contributed by atoms with Crippen molar-refractivity contribution in [2.24, 2.45) is 5.41 Å². The largest absolute Gasteiger partial charge is 0.341 e. The Balaban J connectivity index is 2.05. The van der Waals surface area contributed by atoms with E-state index in [9.17, 15) is 9.59 Å². The van der Waals surface area contributed by atoms with Crippen molar-refractivity contribution in [2.45, 2.75) is 27.3 Å². The van der Waals surface area contributed by atoms with E-state index < -0.39 is 5.41 Å². The third-order valence-corrected chi connectivity index (χ3v) is 4.02. The van der Waals surface area contributed by atoms with E-state index in [2.05, 4.69) is 5.32 Å². The Morgan fingerprint density at radius 3 is 2.17 bits per heavy atom. The van der Waals surface area contributed by atoms with Gasteiger partial charge in [0.15, 0.2) is 0 Å². The molecule has 1 N–H and O–H groups in total. The Bertz CT molecular complexity index is 706. The summed E-state index contributed by atoms with van der Waals surface area (Å²) >= 11 is 0. The second kappa shape index (κ2) is 7.30. The van der Waals surface area contributed by atoms with Gasteiger partial charge in [-0.15, -0.1) is 0 Å². The summed E-state index contributed by atoms with van der Waals surface area (Å²) in [6.45, 7) is 5.76. The normalized spacial score (nSPS) is 11.0. The maximum atomic E-state index is 12.7. The van der Waals surface area contributed by atoms with Crippen molar-refractivity contribution < 1.29 is 9.59 Å². The van der Waals surface area contributed by atoms with Crippen molar-refractivity contribution in [2.75, 3.05) is 12.4 Å². The molecule has 126 valence electrons. The maximum absolute atomic E-state index is 12.7. The number of nitrogens with one attached hydrogen (secondary N) is 1. The molecule has 0 bridgehead atoms. The lowest BCUT2D eigenvalue weighted by Crippen LogP contribution is -2.45. The molecule has 0 fully saturated rings. The second-order valence-electron chi connectivity index (χ2n) is 6.59. The Morgan fingerprint density at radius 2 is 1.58 bits per heavy atom. The molecule has 0 saturated heterocycles. The maximum Gasteiger partial charge on any atom is 0.239 e. The van der Waals surface area contributed by atoms with Crippen LogP contribution < -0.4 is 5.32 Å². The van der Waals surface area contributed by atoms with Crippen LogP contribution in [0.1, 0.15) is 25.0 Å². The van der Waals surface area contributed by atoms with Gasteiger partial charge in [0.25, 0.3) is 0 Å². The molecule has 4 heteroatoms. The van der Waals surface area contributed by atoms with Gasteiger partial charge in [0.1, 0.15) is 5.41 Å². The number of amides is 2. The van der Waals surface area contributed by atoms with Crippen LogP contribution in [-0.4, -0.2) is 23.8 Å². The average Bonchev–Trinajstić information content (AvgIpc) is 2.57. The molecule has 0 aliphatic carbocycles. The van der Waals surface area contributed by atoms with Crippen LogP contribution in [0.2, 0.25) is 0 Å². The number of rotatable bonds is 5. The summed E-state index contributed by atoms with van der Waals surface area (Å²) in [7, 11) is 1.72. The van der Waals surface area contributed by atoms with Crippen LogP contribution in [0.3, 0.4) is 0 Å². The summed E-state index contributed by atoms with van der Waals surface area (Å²) in [6.07, 6.45) is 0. The molecular formula is C20H24N2O2. The topological polar surface area (TPSA) is 49.4 Å². The molecule has 2 amide bonds. The first-order valence-corrected chi connectivity index (χ1v) is 7.98. The van der Waals surface area contributed by atoms with Gasteiger partial charge in [-0.3, -0.25) is 9.59 Å². The third kappa shape index (κ3) is 4.22. The van der Waals surface area contributed by atoms with Gasteiger partial charge < -0.3 is 10.2 Å². The second-order valence-corrected chi connectivity index (χ2v) is 6.59.